The Morgan fingerprint density at radius 3 is 2.90 bits per heavy atom. The van der Waals surface area contributed by atoms with Crippen LogP contribution in [0.4, 0.5) is 0 Å². The normalized spacial score (nSPS) is 26.7. The van der Waals surface area contributed by atoms with Crippen LogP contribution in [0.5, 0.6) is 11.5 Å². The summed E-state index contributed by atoms with van der Waals surface area (Å²) in [6, 6.07) is 5.91. The SMILES string of the molecule is CC(c1ccc2c(c1)OCO2)N1CCC(N)(C(=O)O)C1. The van der Waals surface area contributed by atoms with Gasteiger partial charge < -0.3 is 20.3 Å². The first-order chi connectivity index (χ1) is 9.49. The topological polar surface area (TPSA) is 85.0 Å². The second-order valence-corrected chi connectivity index (χ2v) is 5.47. The van der Waals surface area contributed by atoms with E-state index in [9.17, 15) is 9.90 Å². The summed E-state index contributed by atoms with van der Waals surface area (Å²) in [6.07, 6.45) is 0.469. The molecule has 0 spiro atoms. The fourth-order valence-electron chi connectivity index (χ4n) is 2.75. The standard InChI is InChI=1S/C14H18N2O4/c1-9(16-5-4-14(15,7-16)13(17)18)10-2-3-11-12(6-10)20-8-19-11/h2-3,6,9H,4-5,7-8,15H2,1H3,(H,17,18). The lowest BCUT2D eigenvalue weighted by Gasteiger charge is -2.26. The Hall–Kier alpha value is -1.79. The van der Waals surface area contributed by atoms with E-state index in [0.717, 1.165) is 17.1 Å². The maximum atomic E-state index is 11.2. The molecule has 3 N–H and O–H groups in total. The van der Waals surface area contributed by atoms with Gasteiger partial charge in [0.25, 0.3) is 0 Å². The van der Waals surface area contributed by atoms with Gasteiger partial charge in [0.1, 0.15) is 5.54 Å². The van der Waals surface area contributed by atoms with Crippen LogP contribution in [0.3, 0.4) is 0 Å². The van der Waals surface area contributed by atoms with E-state index in [1.54, 1.807) is 0 Å². The molecule has 0 saturated carbocycles. The van der Waals surface area contributed by atoms with Gasteiger partial charge in [0.15, 0.2) is 11.5 Å². The van der Waals surface area contributed by atoms with E-state index in [4.69, 9.17) is 15.2 Å². The molecule has 0 bridgehead atoms. The van der Waals surface area contributed by atoms with Crippen LogP contribution in [-0.2, 0) is 4.79 Å². The molecule has 6 heteroatoms. The average molecular weight is 278 g/mol. The van der Waals surface area contributed by atoms with Gasteiger partial charge in [-0.15, -0.1) is 0 Å². The first-order valence-corrected chi connectivity index (χ1v) is 6.65. The highest BCUT2D eigenvalue weighted by molar-refractivity contribution is 5.79. The summed E-state index contributed by atoms with van der Waals surface area (Å²) in [6.45, 7) is 3.34. The second-order valence-electron chi connectivity index (χ2n) is 5.47. The number of nitrogens with two attached hydrogens (primary N) is 1. The van der Waals surface area contributed by atoms with Crippen molar-refractivity contribution in [3.05, 3.63) is 23.8 Å². The highest BCUT2D eigenvalue weighted by atomic mass is 16.7. The molecule has 108 valence electrons. The Morgan fingerprint density at radius 2 is 2.20 bits per heavy atom. The molecule has 1 aromatic carbocycles. The number of carboxylic acids is 1. The summed E-state index contributed by atoms with van der Waals surface area (Å²) in [5.74, 6) is 0.560. The van der Waals surface area contributed by atoms with Crippen LogP contribution in [0.15, 0.2) is 18.2 Å². The van der Waals surface area contributed by atoms with E-state index in [0.29, 0.717) is 19.5 Å². The zero-order valence-electron chi connectivity index (χ0n) is 11.3. The van der Waals surface area contributed by atoms with E-state index in [1.807, 2.05) is 25.1 Å². The minimum atomic E-state index is -1.13. The molecule has 3 rings (SSSR count). The maximum Gasteiger partial charge on any atom is 0.325 e. The van der Waals surface area contributed by atoms with Crippen LogP contribution >= 0.6 is 0 Å². The summed E-state index contributed by atoms with van der Waals surface area (Å²) in [7, 11) is 0. The van der Waals surface area contributed by atoms with Crippen molar-refractivity contribution in [2.24, 2.45) is 5.73 Å². The lowest BCUT2D eigenvalue weighted by molar-refractivity contribution is -0.142. The minimum absolute atomic E-state index is 0.0919. The molecule has 1 fully saturated rings. The van der Waals surface area contributed by atoms with Crippen molar-refractivity contribution in [3.8, 4) is 11.5 Å². The summed E-state index contributed by atoms with van der Waals surface area (Å²) >= 11 is 0. The van der Waals surface area contributed by atoms with Crippen molar-refractivity contribution in [1.29, 1.82) is 0 Å². The fourth-order valence-corrected chi connectivity index (χ4v) is 2.75. The Balaban J connectivity index is 1.77. The Morgan fingerprint density at radius 1 is 1.45 bits per heavy atom. The molecule has 2 unspecified atom stereocenters. The van der Waals surface area contributed by atoms with Crippen LogP contribution in [0.25, 0.3) is 0 Å². The van der Waals surface area contributed by atoms with Gasteiger partial charge in [0, 0.05) is 19.1 Å². The van der Waals surface area contributed by atoms with E-state index < -0.39 is 11.5 Å². The van der Waals surface area contributed by atoms with Crippen LogP contribution in [0.2, 0.25) is 0 Å². The van der Waals surface area contributed by atoms with Crippen LogP contribution in [0, 0.1) is 0 Å². The van der Waals surface area contributed by atoms with Crippen LogP contribution in [0.1, 0.15) is 24.9 Å². The van der Waals surface area contributed by atoms with Gasteiger partial charge in [0.2, 0.25) is 6.79 Å². The molecule has 0 radical (unpaired) electrons. The molecular weight excluding hydrogens is 260 g/mol. The summed E-state index contributed by atoms with van der Waals surface area (Å²) in [5, 5.41) is 9.18. The Labute approximate surface area is 117 Å². The maximum absolute atomic E-state index is 11.2. The third-order valence-corrected chi connectivity index (χ3v) is 4.18. The molecule has 1 saturated heterocycles. The first-order valence-electron chi connectivity index (χ1n) is 6.65. The van der Waals surface area contributed by atoms with Crippen molar-refractivity contribution in [2.75, 3.05) is 19.9 Å². The quantitative estimate of drug-likeness (QED) is 0.856. The number of hydrogen-bond donors (Lipinski definition) is 2. The van der Waals surface area contributed by atoms with Gasteiger partial charge in [-0.05, 0) is 31.0 Å². The number of ether oxygens (including phenoxy) is 2. The predicted octanol–water partition coefficient (Wildman–Crippen LogP) is 0.964. The largest absolute Gasteiger partial charge is 0.480 e. The van der Waals surface area contributed by atoms with Crippen molar-refractivity contribution < 1.29 is 19.4 Å². The highest BCUT2D eigenvalue weighted by Gasteiger charge is 2.42. The third-order valence-electron chi connectivity index (χ3n) is 4.18. The molecule has 0 aromatic heterocycles. The Bertz CT molecular complexity index is 548. The first kappa shape index (κ1) is 13.2. The molecule has 20 heavy (non-hydrogen) atoms. The number of nitrogens with zero attached hydrogens (tertiary/aromatic N) is 1. The molecule has 0 amide bonds. The number of benzene rings is 1. The second kappa shape index (κ2) is 4.64. The number of rotatable bonds is 3. The number of carboxylic acid groups (broad SMARTS) is 1. The van der Waals surface area contributed by atoms with Crippen molar-refractivity contribution in [2.45, 2.75) is 24.9 Å². The summed E-state index contributed by atoms with van der Waals surface area (Å²) in [5.41, 5.74) is 5.85. The molecule has 2 aliphatic rings. The fraction of sp³-hybridized carbons (Fsp3) is 0.500. The van der Waals surface area contributed by atoms with Gasteiger partial charge in [0.05, 0.1) is 0 Å². The summed E-state index contributed by atoms with van der Waals surface area (Å²) < 4.78 is 10.7. The van der Waals surface area contributed by atoms with E-state index in [2.05, 4.69) is 4.90 Å². The average Bonchev–Trinajstić information content (AvgIpc) is 3.04. The lowest BCUT2D eigenvalue weighted by Crippen LogP contribution is -2.50. The number of hydrogen-bond acceptors (Lipinski definition) is 5. The van der Waals surface area contributed by atoms with Gasteiger partial charge in [-0.25, -0.2) is 0 Å². The molecule has 1 aromatic rings. The zero-order chi connectivity index (χ0) is 14.3. The lowest BCUT2D eigenvalue weighted by atomic mass is 10.0. The van der Waals surface area contributed by atoms with Crippen molar-refractivity contribution in [3.63, 3.8) is 0 Å². The summed E-state index contributed by atoms with van der Waals surface area (Å²) in [4.78, 5) is 13.3. The van der Waals surface area contributed by atoms with Gasteiger partial charge in [-0.2, -0.15) is 0 Å². The monoisotopic (exact) mass is 278 g/mol. The number of likely N-dealkylation sites (tertiary alicyclic amines) is 1. The Kier molecular flexibility index (Phi) is 3.07. The van der Waals surface area contributed by atoms with E-state index in [-0.39, 0.29) is 12.8 Å². The van der Waals surface area contributed by atoms with Gasteiger partial charge >= 0.3 is 5.97 Å². The van der Waals surface area contributed by atoms with E-state index >= 15 is 0 Å². The smallest absolute Gasteiger partial charge is 0.325 e. The molecule has 2 heterocycles. The number of fused-ring (bicyclic) bond motifs is 1. The minimum Gasteiger partial charge on any atom is -0.480 e. The third kappa shape index (κ3) is 2.10. The van der Waals surface area contributed by atoms with Crippen LogP contribution in [-0.4, -0.2) is 41.4 Å². The molecule has 2 atom stereocenters. The molecule has 2 aliphatic heterocycles. The van der Waals surface area contributed by atoms with Crippen LogP contribution < -0.4 is 15.2 Å². The molecule has 0 aliphatic carbocycles. The molecular formula is C14H18N2O4. The van der Waals surface area contributed by atoms with Crippen molar-refractivity contribution >= 4 is 5.97 Å². The van der Waals surface area contributed by atoms with Gasteiger partial charge in [-0.1, -0.05) is 6.07 Å². The van der Waals surface area contributed by atoms with Gasteiger partial charge in [-0.3, -0.25) is 9.69 Å². The zero-order valence-corrected chi connectivity index (χ0v) is 11.3. The predicted molar refractivity (Wildman–Crippen MR) is 71.7 cm³/mol. The van der Waals surface area contributed by atoms with Crippen molar-refractivity contribution in [1.82, 2.24) is 4.90 Å². The highest BCUT2D eigenvalue weighted by Crippen LogP contribution is 2.36. The number of carbonyl (C=O) groups is 1. The molecule has 6 nitrogen and oxygen atoms in total. The number of aliphatic carboxylic acids is 1. The van der Waals surface area contributed by atoms with E-state index in [1.165, 1.54) is 0 Å².